The summed E-state index contributed by atoms with van der Waals surface area (Å²) in [5.74, 6) is -1.16. The molecule has 7 nitrogen and oxygen atoms in total. The number of hydrogen-bond donors (Lipinski definition) is 1. The SMILES string of the molecule is C=CCN1C(=O)C(O)(CC(=O)c2ccc([N+](=O)[O-])cc2)c2cc(Cl)ccc21. The van der Waals surface area contributed by atoms with Gasteiger partial charge in [0.1, 0.15) is 0 Å². The molecule has 2 aromatic carbocycles. The lowest BCUT2D eigenvalue weighted by Gasteiger charge is -2.22. The molecule has 1 aliphatic heterocycles. The van der Waals surface area contributed by atoms with Crippen molar-refractivity contribution in [3.63, 3.8) is 0 Å². The van der Waals surface area contributed by atoms with E-state index in [2.05, 4.69) is 6.58 Å². The summed E-state index contributed by atoms with van der Waals surface area (Å²) in [7, 11) is 0. The first-order chi connectivity index (χ1) is 12.8. The summed E-state index contributed by atoms with van der Waals surface area (Å²) < 4.78 is 0. The van der Waals surface area contributed by atoms with E-state index in [1.807, 2.05) is 0 Å². The van der Waals surface area contributed by atoms with Gasteiger partial charge >= 0.3 is 0 Å². The van der Waals surface area contributed by atoms with Crippen LogP contribution in [0.15, 0.2) is 55.1 Å². The molecule has 1 heterocycles. The van der Waals surface area contributed by atoms with Crippen LogP contribution in [0.4, 0.5) is 11.4 Å². The Bertz CT molecular complexity index is 957. The number of rotatable bonds is 6. The number of nitro benzene ring substituents is 1. The van der Waals surface area contributed by atoms with Crippen LogP contribution >= 0.6 is 11.6 Å². The number of Topliss-reactive ketones (excluding diaryl/α,β-unsaturated/α-hetero) is 1. The molecule has 0 aliphatic carbocycles. The van der Waals surface area contributed by atoms with Crippen molar-refractivity contribution in [3.05, 3.63) is 81.4 Å². The van der Waals surface area contributed by atoms with Crippen molar-refractivity contribution in [1.29, 1.82) is 0 Å². The maximum absolute atomic E-state index is 12.8. The molecule has 1 amide bonds. The molecule has 1 unspecified atom stereocenters. The first-order valence-corrected chi connectivity index (χ1v) is 8.38. The molecule has 0 saturated heterocycles. The van der Waals surface area contributed by atoms with Crippen molar-refractivity contribution in [2.75, 3.05) is 11.4 Å². The van der Waals surface area contributed by atoms with Gasteiger partial charge in [-0.1, -0.05) is 17.7 Å². The minimum atomic E-state index is -2.07. The Morgan fingerprint density at radius 2 is 1.96 bits per heavy atom. The average Bonchev–Trinajstić information content (AvgIpc) is 2.84. The molecule has 1 atom stereocenters. The minimum Gasteiger partial charge on any atom is -0.375 e. The minimum absolute atomic E-state index is 0.156. The highest BCUT2D eigenvalue weighted by Crippen LogP contribution is 2.44. The smallest absolute Gasteiger partial charge is 0.269 e. The Balaban J connectivity index is 1.96. The van der Waals surface area contributed by atoms with Crippen LogP contribution < -0.4 is 4.90 Å². The summed E-state index contributed by atoms with van der Waals surface area (Å²) in [6.07, 6.45) is 1.00. The summed E-state index contributed by atoms with van der Waals surface area (Å²) in [5, 5.41) is 22.1. The fourth-order valence-electron chi connectivity index (χ4n) is 3.11. The topological polar surface area (TPSA) is 101 Å². The lowest BCUT2D eigenvalue weighted by molar-refractivity contribution is -0.384. The number of hydrogen-bond acceptors (Lipinski definition) is 5. The number of carbonyl (C=O) groups excluding carboxylic acids is 2. The lowest BCUT2D eigenvalue weighted by atomic mass is 9.88. The summed E-state index contributed by atoms with van der Waals surface area (Å²) in [6.45, 7) is 3.77. The molecular weight excluding hydrogens is 372 g/mol. The van der Waals surface area contributed by atoms with E-state index in [0.29, 0.717) is 10.7 Å². The maximum atomic E-state index is 12.8. The van der Waals surface area contributed by atoms with E-state index in [1.165, 1.54) is 41.3 Å². The van der Waals surface area contributed by atoms with Crippen LogP contribution in [-0.2, 0) is 10.4 Å². The molecule has 1 N–H and O–H groups in total. The highest BCUT2D eigenvalue weighted by molar-refractivity contribution is 6.31. The van der Waals surface area contributed by atoms with Crippen molar-refractivity contribution < 1.29 is 19.6 Å². The second-order valence-electron chi connectivity index (χ2n) is 6.13. The van der Waals surface area contributed by atoms with Crippen LogP contribution in [0.25, 0.3) is 0 Å². The quantitative estimate of drug-likeness (QED) is 0.355. The fourth-order valence-corrected chi connectivity index (χ4v) is 3.28. The van der Waals surface area contributed by atoms with E-state index < -0.39 is 28.6 Å². The molecule has 8 heteroatoms. The van der Waals surface area contributed by atoms with E-state index in [1.54, 1.807) is 12.1 Å². The van der Waals surface area contributed by atoms with Crippen molar-refractivity contribution >= 4 is 34.7 Å². The van der Waals surface area contributed by atoms with E-state index in [0.717, 1.165) is 0 Å². The lowest BCUT2D eigenvalue weighted by Crippen LogP contribution is -2.41. The predicted molar refractivity (Wildman–Crippen MR) is 99.9 cm³/mol. The van der Waals surface area contributed by atoms with E-state index in [-0.39, 0.29) is 23.4 Å². The number of nitro groups is 1. The van der Waals surface area contributed by atoms with Gasteiger partial charge in [0.15, 0.2) is 11.4 Å². The summed E-state index contributed by atoms with van der Waals surface area (Å²) >= 11 is 6.01. The fraction of sp³-hybridized carbons (Fsp3) is 0.158. The maximum Gasteiger partial charge on any atom is 0.269 e. The predicted octanol–water partition coefficient (Wildman–Crippen LogP) is 3.24. The number of nitrogens with zero attached hydrogens (tertiary/aromatic N) is 2. The third-order valence-corrected chi connectivity index (χ3v) is 4.66. The number of fused-ring (bicyclic) bond motifs is 1. The Labute approximate surface area is 159 Å². The van der Waals surface area contributed by atoms with Crippen LogP contribution in [0.3, 0.4) is 0 Å². The van der Waals surface area contributed by atoms with Crippen molar-refractivity contribution in [3.8, 4) is 0 Å². The molecule has 0 radical (unpaired) electrons. The molecule has 27 heavy (non-hydrogen) atoms. The molecule has 0 fully saturated rings. The third-order valence-electron chi connectivity index (χ3n) is 4.42. The highest BCUT2D eigenvalue weighted by Gasteiger charge is 2.50. The van der Waals surface area contributed by atoms with Crippen LogP contribution in [0.5, 0.6) is 0 Å². The molecule has 3 rings (SSSR count). The van der Waals surface area contributed by atoms with Crippen LogP contribution in [0, 0.1) is 10.1 Å². The van der Waals surface area contributed by atoms with Crippen LogP contribution in [0.2, 0.25) is 5.02 Å². The Kier molecular flexibility index (Phi) is 4.82. The largest absolute Gasteiger partial charge is 0.375 e. The standard InChI is InChI=1S/C19H15ClN2O5/c1-2-9-21-16-8-5-13(20)10-15(16)19(25,18(21)24)11-17(23)12-3-6-14(7-4-12)22(26)27/h2-8,10,25H,1,9,11H2. The summed E-state index contributed by atoms with van der Waals surface area (Å²) in [4.78, 5) is 37.0. The highest BCUT2D eigenvalue weighted by atomic mass is 35.5. The number of ketones is 1. The van der Waals surface area contributed by atoms with Gasteiger partial charge in [0.05, 0.1) is 17.0 Å². The van der Waals surface area contributed by atoms with Gasteiger partial charge in [-0.3, -0.25) is 19.7 Å². The molecule has 0 aromatic heterocycles. The number of carbonyl (C=O) groups is 2. The molecule has 2 aromatic rings. The zero-order valence-electron chi connectivity index (χ0n) is 14.1. The molecule has 0 bridgehead atoms. The molecule has 1 aliphatic rings. The molecular formula is C19H15ClN2O5. The number of non-ortho nitro benzene ring substituents is 1. The van der Waals surface area contributed by atoms with Gasteiger partial charge in [-0.25, -0.2) is 0 Å². The van der Waals surface area contributed by atoms with Crippen molar-refractivity contribution in [2.45, 2.75) is 12.0 Å². The number of halogens is 1. The van der Waals surface area contributed by atoms with Gasteiger partial charge in [-0.05, 0) is 30.3 Å². The normalized spacial score (nSPS) is 18.3. The van der Waals surface area contributed by atoms with Crippen LogP contribution in [-0.4, -0.2) is 28.3 Å². The average molecular weight is 387 g/mol. The first-order valence-electron chi connectivity index (χ1n) is 8.01. The van der Waals surface area contributed by atoms with E-state index in [9.17, 15) is 24.8 Å². The van der Waals surface area contributed by atoms with Crippen molar-refractivity contribution in [1.82, 2.24) is 0 Å². The number of amides is 1. The summed E-state index contributed by atoms with van der Waals surface area (Å²) in [5.41, 5.74) is -1.35. The van der Waals surface area contributed by atoms with Gasteiger partial charge in [0, 0.05) is 34.8 Å². The second kappa shape index (κ2) is 6.94. The van der Waals surface area contributed by atoms with E-state index in [4.69, 9.17) is 11.6 Å². The van der Waals surface area contributed by atoms with Gasteiger partial charge in [0.2, 0.25) is 0 Å². The number of benzene rings is 2. The van der Waals surface area contributed by atoms with Gasteiger partial charge in [-0.2, -0.15) is 0 Å². The number of aliphatic hydroxyl groups is 1. The van der Waals surface area contributed by atoms with Gasteiger partial charge < -0.3 is 10.0 Å². The monoisotopic (exact) mass is 386 g/mol. The Morgan fingerprint density at radius 1 is 1.30 bits per heavy atom. The third kappa shape index (κ3) is 3.22. The Morgan fingerprint density at radius 3 is 2.56 bits per heavy atom. The molecule has 0 spiro atoms. The first kappa shape index (κ1) is 18.8. The molecule has 138 valence electrons. The summed E-state index contributed by atoms with van der Waals surface area (Å²) in [6, 6.07) is 9.64. The van der Waals surface area contributed by atoms with Gasteiger partial charge in [-0.15, -0.1) is 6.58 Å². The van der Waals surface area contributed by atoms with Gasteiger partial charge in [0.25, 0.3) is 11.6 Å². The zero-order chi connectivity index (χ0) is 19.8. The van der Waals surface area contributed by atoms with E-state index >= 15 is 0 Å². The molecule has 0 saturated carbocycles. The van der Waals surface area contributed by atoms with Crippen molar-refractivity contribution in [2.24, 2.45) is 0 Å². The number of anilines is 1. The zero-order valence-corrected chi connectivity index (χ0v) is 14.8. The second-order valence-corrected chi connectivity index (χ2v) is 6.57. The Hall–Kier alpha value is -3.03. The van der Waals surface area contributed by atoms with Crippen LogP contribution in [0.1, 0.15) is 22.3 Å².